The predicted octanol–water partition coefficient (Wildman–Crippen LogP) is 4.16. The van der Waals surface area contributed by atoms with E-state index in [-0.39, 0.29) is 5.78 Å². The van der Waals surface area contributed by atoms with Gasteiger partial charge in [0.15, 0.2) is 5.78 Å². The largest absolute Gasteiger partial charge is 0.288 e. The number of carbonyl (C=O) groups is 1. The van der Waals surface area contributed by atoms with E-state index in [1.54, 1.807) is 18.3 Å². The van der Waals surface area contributed by atoms with E-state index in [4.69, 9.17) is 0 Å². The Labute approximate surface area is 124 Å². The SMILES string of the molecule is O=C(C=Cc1csc(-c2ccccn2)n1)c1cccs1. The number of allylic oxidation sites excluding steroid dienone is 1. The first-order chi connectivity index (χ1) is 9.83. The van der Waals surface area contributed by atoms with Gasteiger partial charge in [-0.2, -0.15) is 0 Å². The predicted molar refractivity (Wildman–Crippen MR) is 83.0 cm³/mol. The van der Waals surface area contributed by atoms with Gasteiger partial charge in [-0.3, -0.25) is 9.78 Å². The summed E-state index contributed by atoms with van der Waals surface area (Å²) in [5.41, 5.74) is 1.63. The average Bonchev–Trinajstić information content (AvgIpc) is 3.17. The zero-order chi connectivity index (χ0) is 13.8. The highest BCUT2D eigenvalue weighted by molar-refractivity contribution is 7.13. The van der Waals surface area contributed by atoms with Crippen LogP contribution in [0.3, 0.4) is 0 Å². The van der Waals surface area contributed by atoms with Crippen LogP contribution in [-0.2, 0) is 0 Å². The summed E-state index contributed by atoms with van der Waals surface area (Å²) in [6, 6.07) is 9.41. The Morgan fingerprint density at radius 3 is 2.85 bits per heavy atom. The van der Waals surface area contributed by atoms with Gasteiger partial charge in [-0.15, -0.1) is 22.7 Å². The first kappa shape index (κ1) is 12.9. The molecule has 3 nitrogen and oxygen atoms in total. The van der Waals surface area contributed by atoms with Crippen molar-refractivity contribution >= 4 is 34.5 Å². The summed E-state index contributed by atoms with van der Waals surface area (Å²) in [5, 5.41) is 4.67. The Balaban J connectivity index is 1.76. The molecule has 0 aliphatic heterocycles. The van der Waals surface area contributed by atoms with Crippen molar-refractivity contribution in [2.24, 2.45) is 0 Å². The molecule has 0 aliphatic rings. The van der Waals surface area contributed by atoms with Crippen molar-refractivity contribution in [2.75, 3.05) is 0 Å². The summed E-state index contributed by atoms with van der Waals surface area (Å²) in [4.78, 5) is 21.3. The minimum absolute atomic E-state index is 0.00684. The fraction of sp³-hybridized carbons (Fsp3) is 0. The molecular formula is C15H10N2OS2. The van der Waals surface area contributed by atoms with E-state index in [9.17, 15) is 4.79 Å². The van der Waals surface area contributed by atoms with Crippen LogP contribution in [0.15, 0.2) is 53.4 Å². The molecule has 98 valence electrons. The lowest BCUT2D eigenvalue weighted by Gasteiger charge is -1.92. The second kappa shape index (κ2) is 5.90. The third-order valence-electron chi connectivity index (χ3n) is 2.58. The lowest BCUT2D eigenvalue weighted by Crippen LogP contribution is -1.88. The van der Waals surface area contributed by atoms with Gasteiger partial charge in [0, 0.05) is 11.6 Å². The Hall–Kier alpha value is -2.11. The molecule has 0 unspecified atom stereocenters. The fourth-order valence-electron chi connectivity index (χ4n) is 1.63. The third kappa shape index (κ3) is 2.89. The molecule has 5 heteroatoms. The van der Waals surface area contributed by atoms with Crippen LogP contribution in [0.1, 0.15) is 15.4 Å². The minimum atomic E-state index is 0.00684. The number of pyridine rings is 1. The van der Waals surface area contributed by atoms with Crippen LogP contribution in [0.2, 0.25) is 0 Å². The maximum atomic E-state index is 11.8. The topological polar surface area (TPSA) is 42.9 Å². The number of hydrogen-bond donors (Lipinski definition) is 0. The Kier molecular flexibility index (Phi) is 3.80. The van der Waals surface area contributed by atoms with E-state index < -0.39 is 0 Å². The highest BCUT2D eigenvalue weighted by atomic mass is 32.1. The van der Waals surface area contributed by atoms with Crippen LogP contribution in [-0.4, -0.2) is 15.8 Å². The summed E-state index contributed by atoms with van der Waals surface area (Å²) in [6.45, 7) is 0. The van der Waals surface area contributed by atoms with E-state index in [1.807, 2.05) is 41.1 Å². The monoisotopic (exact) mass is 298 g/mol. The number of ketones is 1. The molecule has 0 saturated heterocycles. The number of thiophene rings is 1. The van der Waals surface area contributed by atoms with Gasteiger partial charge in [0.1, 0.15) is 5.01 Å². The molecule has 3 aromatic rings. The number of nitrogens with zero attached hydrogens (tertiary/aromatic N) is 2. The van der Waals surface area contributed by atoms with Crippen LogP contribution < -0.4 is 0 Å². The smallest absolute Gasteiger partial charge is 0.195 e. The maximum absolute atomic E-state index is 11.8. The zero-order valence-electron chi connectivity index (χ0n) is 10.4. The first-order valence-electron chi connectivity index (χ1n) is 5.96. The molecule has 0 N–H and O–H groups in total. The van der Waals surface area contributed by atoms with Gasteiger partial charge < -0.3 is 0 Å². The third-order valence-corrected chi connectivity index (χ3v) is 4.34. The van der Waals surface area contributed by atoms with Crippen molar-refractivity contribution in [3.05, 3.63) is 63.9 Å². The van der Waals surface area contributed by atoms with E-state index in [0.717, 1.165) is 21.3 Å². The number of carbonyl (C=O) groups excluding carboxylic acids is 1. The summed E-state index contributed by atoms with van der Waals surface area (Å²) in [7, 11) is 0. The summed E-state index contributed by atoms with van der Waals surface area (Å²) in [6.07, 6.45) is 5.04. The van der Waals surface area contributed by atoms with Gasteiger partial charge >= 0.3 is 0 Å². The molecule has 0 radical (unpaired) electrons. The number of aromatic nitrogens is 2. The van der Waals surface area contributed by atoms with Gasteiger partial charge in [-0.25, -0.2) is 4.98 Å². The molecule has 3 rings (SSSR count). The Morgan fingerprint density at radius 2 is 2.10 bits per heavy atom. The molecule has 0 aromatic carbocycles. The standard InChI is InChI=1S/C15H10N2OS2/c18-13(14-5-3-9-19-14)7-6-11-10-20-15(17-11)12-4-1-2-8-16-12/h1-10H. The number of rotatable bonds is 4. The van der Waals surface area contributed by atoms with Crippen molar-refractivity contribution in [2.45, 2.75) is 0 Å². The Bertz CT molecular complexity index is 730. The molecule has 3 aromatic heterocycles. The van der Waals surface area contributed by atoms with Gasteiger partial charge in [0.2, 0.25) is 0 Å². The van der Waals surface area contributed by atoms with Crippen molar-refractivity contribution in [1.82, 2.24) is 9.97 Å². The quantitative estimate of drug-likeness (QED) is 0.536. The van der Waals surface area contributed by atoms with Gasteiger partial charge in [0.05, 0.1) is 16.3 Å². The summed E-state index contributed by atoms with van der Waals surface area (Å²) >= 11 is 2.96. The molecule has 20 heavy (non-hydrogen) atoms. The molecule has 0 fully saturated rings. The van der Waals surface area contributed by atoms with Crippen molar-refractivity contribution < 1.29 is 4.79 Å². The van der Waals surface area contributed by atoms with Gasteiger partial charge in [0.25, 0.3) is 0 Å². The highest BCUT2D eigenvalue weighted by Crippen LogP contribution is 2.22. The van der Waals surface area contributed by atoms with Crippen LogP contribution in [0.25, 0.3) is 16.8 Å². The van der Waals surface area contributed by atoms with Gasteiger partial charge in [-0.1, -0.05) is 12.1 Å². The highest BCUT2D eigenvalue weighted by Gasteiger charge is 2.05. The lowest BCUT2D eigenvalue weighted by atomic mass is 10.3. The van der Waals surface area contributed by atoms with Crippen LogP contribution >= 0.6 is 22.7 Å². The average molecular weight is 298 g/mol. The number of hydrogen-bond acceptors (Lipinski definition) is 5. The lowest BCUT2D eigenvalue weighted by molar-refractivity contribution is 0.105. The molecule has 0 spiro atoms. The molecule has 0 amide bonds. The molecule has 0 bridgehead atoms. The van der Waals surface area contributed by atoms with E-state index >= 15 is 0 Å². The molecule has 0 saturated carbocycles. The van der Waals surface area contributed by atoms with Gasteiger partial charge in [-0.05, 0) is 35.7 Å². The van der Waals surface area contributed by atoms with E-state index in [1.165, 1.54) is 22.7 Å². The van der Waals surface area contributed by atoms with Crippen molar-refractivity contribution in [3.63, 3.8) is 0 Å². The molecule has 0 atom stereocenters. The normalized spacial score (nSPS) is 11.0. The molecule has 0 aliphatic carbocycles. The first-order valence-corrected chi connectivity index (χ1v) is 7.72. The van der Waals surface area contributed by atoms with E-state index in [2.05, 4.69) is 9.97 Å². The van der Waals surface area contributed by atoms with Crippen LogP contribution in [0.5, 0.6) is 0 Å². The van der Waals surface area contributed by atoms with Crippen molar-refractivity contribution in [1.29, 1.82) is 0 Å². The zero-order valence-corrected chi connectivity index (χ0v) is 12.0. The second-order valence-corrected chi connectivity index (χ2v) is 5.77. The summed E-state index contributed by atoms with van der Waals surface area (Å²) in [5.74, 6) is 0.00684. The van der Waals surface area contributed by atoms with E-state index in [0.29, 0.717) is 0 Å². The van der Waals surface area contributed by atoms with Crippen molar-refractivity contribution in [3.8, 4) is 10.7 Å². The Morgan fingerprint density at radius 1 is 1.15 bits per heavy atom. The second-order valence-electron chi connectivity index (χ2n) is 3.97. The van der Waals surface area contributed by atoms with Crippen LogP contribution in [0, 0.1) is 0 Å². The fourth-order valence-corrected chi connectivity index (χ4v) is 3.04. The minimum Gasteiger partial charge on any atom is -0.288 e. The maximum Gasteiger partial charge on any atom is 0.195 e. The molecular weight excluding hydrogens is 288 g/mol. The molecule has 3 heterocycles. The summed E-state index contributed by atoms with van der Waals surface area (Å²) < 4.78 is 0. The van der Waals surface area contributed by atoms with Crippen LogP contribution in [0.4, 0.5) is 0 Å². The number of thiazole rings is 1.